The third kappa shape index (κ3) is 0.519. The topological polar surface area (TPSA) is 0 Å². The minimum atomic E-state index is 0.845. The Morgan fingerprint density at radius 2 is 2.25 bits per heavy atom. The molecule has 0 saturated heterocycles. The molecule has 0 spiro atoms. The maximum atomic E-state index is 2.46. The van der Waals surface area contributed by atoms with Gasteiger partial charge in [0, 0.05) is 0 Å². The highest BCUT2D eigenvalue weighted by Crippen LogP contribution is 2.60. The van der Waals surface area contributed by atoms with Gasteiger partial charge >= 0.3 is 0 Å². The number of hydrogen-bond acceptors (Lipinski definition) is 0. The summed E-state index contributed by atoms with van der Waals surface area (Å²) < 4.78 is 0. The van der Waals surface area contributed by atoms with Crippen LogP contribution in [-0.4, -0.2) is 0 Å². The van der Waals surface area contributed by atoms with Gasteiger partial charge in [-0.3, -0.25) is 0 Å². The van der Waals surface area contributed by atoms with Gasteiger partial charge in [-0.2, -0.15) is 0 Å². The van der Waals surface area contributed by atoms with Gasteiger partial charge < -0.3 is 0 Å². The Kier molecular flexibility index (Phi) is 0.778. The SMILES string of the molecule is CC12CCCC[C@H]1C2. The van der Waals surface area contributed by atoms with Gasteiger partial charge in [-0.1, -0.05) is 19.8 Å². The van der Waals surface area contributed by atoms with Gasteiger partial charge in [-0.15, -0.1) is 0 Å². The molecule has 0 aromatic rings. The molecule has 46 valence electrons. The molecule has 0 heteroatoms. The molecule has 0 aromatic carbocycles. The molecule has 2 aliphatic carbocycles. The van der Waals surface area contributed by atoms with Gasteiger partial charge in [0.25, 0.3) is 0 Å². The fourth-order valence-electron chi connectivity index (χ4n) is 2.18. The van der Waals surface area contributed by atoms with E-state index < -0.39 is 0 Å². The lowest BCUT2D eigenvalue weighted by atomic mass is 9.90. The van der Waals surface area contributed by atoms with E-state index in [2.05, 4.69) is 6.92 Å². The van der Waals surface area contributed by atoms with E-state index in [1.54, 1.807) is 6.42 Å². The fraction of sp³-hybridized carbons (Fsp3) is 1.00. The number of fused-ring (bicyclic) bond motifs is 1. The van der Waals surface area contributed by atoms with Crippen LogP contribution in [0.3, 0.4) is 0 Å². The van der Waals surface area contributed by atoms with Crippen LogP contribution in [-0.2, 0) is 0 Å². The molecule has 0 radical (unpaired) electrons. The summed E-state index contributed by atoms with van der Waals surface area (Å²) in [5.41, 5.74) is 0.845. The normalized spacial score (nSPS) is 52.9. The summed E-state index contributed by atoms with van der Waals surface area (Å²) in [6.07, 6.45) is 7.63. The molecular formula is C8H14. The summed E-state index contributed by atoms with van der Waals surface area (Å²) in [5, 5.41) is 0. The lowest BCUT2D eigenvalue weighted by Crippen LogP contribution is -2.03. The van der Waals surface area contributed by atoms with E-state index in [-0.39, 0.29) is 0 Å². The predicted octanol–water partition coefficient (Wildman–Crippen LogP) is 2.59. The maximum Gasteiger partial charge on any atom is -0.0294 e. The summed E-state index contributed by atoms with van der Waals surface area (Å²) in [5.74, 6) is 1.15. The van der Waals surface area contributed by atoms with Crippen LogP contribution in [0.5, 0.6) is 0 Å². The Balaban J connectivity index is 2.04. The van der Waals surface area contributed by atoms with E-state index in [0.29, 0.717) is 0 Å². The molecule has 0 aromatic heterocycles. The molecule has 0 aliphatic heterocycles. The standard InChI is InChI=1S/C8H14/c1-8-5-3-2-4-7(8)6-8/h7H,2-6H2,1H3/t7-,8?/m0/s1. The molecule has 0 bridgehead atoms. The van der Waals surface area contributed by atoms with E-state index in [4.69, 9.17) is 0 Å². The molecule has 0 N–H and O–H groups in total. The molecule has 0 amide bonds. The molecular weight excluding hydrogens is 96.1 g/mol. The highest BCUT2D eigenvalue weighted by Gasteiger charge is 2.50. The van der Waals surface area contributed by atoms with Crippen molar-refractivity contribution in [1.82, 2.24) is 0 Å². The van der Waals surface area contributed by atoms with Crippen LogP contribution >= 0.6 is 0 Å². The van der Waals surface area contributed by atoms with Gasteiger partial charge in [0.05, 0.1) is 0 Å². The lowest BCUT2D eigenvalue weighted by molar-refractivity contribution is 0.366. The van der Waals surface area contributed by atoms with Crippen molar-refractivity contribution in [3.8, 4) is 0 Å². The quantitative estimate of drug-likeness (QED) is 0.449. The Morgan fingerprint density at radius 1 is 1.38 bits per heavy atom. The van der Waals surface area contributed by atoms with Crippen LogP contribution in [0.2, 0.25) is 0 Å². The summed E-state index contributed by atoms with van der Waals surface area (Å²) in [6, 6.07) is 0. The van der Waals surface area contributed by atoms with Crippen LogP contribution < -0.4 is 0 Å². The first-order valence-corrected chi connectivity index (χ1v) is 3.81. The van der Waals surface area contributed by atoms with Crippen LogP contribution in [0, 0.1) is 11.3 Å². The maximum absolute atomic E-state index is 2.46. The third-order valence-electron chi connectivity index (χ3n) is 3.09. The summed E-state index contributed by atoms with van der Waals surface area (Å²) in [4.78, 5) is 0. The van der Waals surface area contributed by atoms with Crippen molar-refractivity contribution < 1.29 is 0 Å². The first kappa shape index (κ1) is 4.84. The molecule has 0 nitrogen and oxygen atoms in total. The van der Waals surface area contributed by atoms with Gasteiger partial charge in [-0.25, -0.2) is 0 Å². The lowest BCUT2D eigenvalue weighted by Gasteiger charge is -2.15. The van der Waals surface area contributed by atoms with E-state index >= 15 is 0 Å². The highest BCUT2D eigenvalue weighted by atomic mass is 14.5. The number of hydrogen-bond donors (Lipinski definition) is 0. The van der Waals surface area contributed by atoms with E-state index in [0.717, 1.165) is 11.3 Å². The molecule has 2 aliphatic rings. The average Bonchev–Trinajstić information content (AvgIpc) is 2.39. The van der Waals surface area contributed by atoms with Gasteiger partial charge in [-0.05, 0) is 30.6 Å². The molecule has 0 heterocycles. The first-order valence-electron chi connectivity index (χ1n) is 3.81. The zero-order valence-corrected chi connectivity index (χ0v) is 5.61. The zero-order chi connectivity index (χ0) is 5.61. The summed E-state index contributed by atoms with van der Waals surface area (Å²) >= 11 is 0. The van der Waals surface area contributed by atoms with Crippen molar-refractivity contribution in [3.05, 3.63) is 0 Å². The fourth-order valence-corrected chi connectivity index (χ4v) is 2.18. The second-order valence-corrected chi connectivity index (χ2v) is 3.80. The Morgan fingerprint density at radius 3 is 2.75 bits per heavy atom. The molecule has 2 fully saturated rings. The largest absolute Gasteiger partial charge is 0.0594 e. The van der Waals surface area contributed by atoms with Crippen molar-refractivity contribution in [1.29, 1.82) is 0 Å². The van der Waals surface area contributed by atoms with Crippen LogP contribution in [0.4, 0.5) is 0 Å². The molecule has 2 saturated carbocycles. The third-order valence-corrected chi connectivity index (χ3v) is 3.09. The van der Waals surface area contributed by atoms with Gasteiger partial charge in [0.15, 0.2) is 0 Å². The van der Waals surface area contributed by atoms with E-state index in [9.17, 15) is 0 Å². The predicted molar refractivity (Wildman–Crippen MR) is 34.7 cm³/mol. The Bertz CT molecular complexity index is 105. The summed E-state index contributed by atoms with van der Waals surface area (Å²) in [6.45, 7) is 2.46. The van der Waals surface area contributed by atoms with Crippen molar-refractivity contribution in [3.63, 3.8) is 0 Å². The number of rotatable bonds is 0. The minimum absolute atomic E-state index is 0.845. The van der Waals surface area contributed by atoms with Crippen molar-refractivity contribution in [2.75, 3.05) is 0 Å². The highest BCUT2D eigenvalue weighted by molar-refractivity contribution is 5.00. The smallest absolute Gasteiger partial charge is 0.0294 e. The zero-order valence-electron chi connectivity index (χ0n) is 5.61. The molecule has 1 unspecified atom stereocenters. The second-order valence-electron chi connectivity index (χ2n) is 3.80. The van der Waals surface area contributed by atoms with Crippen LogP contribution in [0.15, 0.2) is 0 Å². The Hall–Kier alpha value is 0. The van der Waals surface area contributed by atoms with Crippen molar-refractivity contribution >= 4 is 0 Å². The monoisotopic (exact) mass is 110 g/mol. The van der Waals surface area contributed by atoms with Crippen LogP contribution in [0.1, 0.15) is 39.0 Å². The minimum Gasteiger partial charge on any atom is -0.0594 e. The van der Waals surface area contributed by atoms with Crippen LogP contribution in [0.25, 0.3) is 0 Å². The molecule has 2 atom stereocenters. The average molecular weight is 110 g/mol. The molecule has 2 rings (SSSR count). The van der Waals surface area contributed by atoms with E-state index in [1.807, 2.05) is 0 Å². The van der Waals surface area contributed by atoms with Gasteiger partial charge in [0.2, 0.25) is 0 Å². The van der Waals surface area contributed by atoms with E-state index in [1.165, 1.54) is 25.7 Å². The second kappa shape index (κ2) is 1.29. The van der Waals surface area contributed by atoms with Crippen molar-refractivity contribution in [2.24, 2.45) is 11.3 Å². The molecule has 8 heavy (non-hydrogen) atoms. The first-order chi connectivity index (χ1) is 3.81. The summed E-state index contributed by atoms with van der Waals surface area (Å²) in [7, 11) is 0. The van der Waals surface area contributed by atoms with Gasteiger partial charge in [0.1, 0.15) is 0 Å². The Labute approximate surface area is 51.3 Å². The van der Waals surface area contributed by atoms with Crippen molar-refractivity contribution in [2.45, 2.75) is 39.0 Å².